The number of rotatable bonds is 5. The lowest BCUT2D eigenvalue weighted by atomic mass is 10.1. The largest absolute Gasteiger partial charge is 0.483 e. The molecule has 1 aromatic rings. The van der Waals surface area contributed by atoms with E-state index in [0.717, 1.165) is 16.1 Å². The van der Waals surface area contributed by atoms with Crippen LogP contribution in [0, 0.1) is 6.92 Å². The molecule has 5 nitrogen and oxygen atoms in total. The van der Waals surface area contributed by atoms with Crippen LogP contribution in [-0.4, -0.2) is 23.6 Å². The summed E-state index contributed by atoms with van der Waals surface area (Å²) in [4.78, 5) is 21.2. The highest BCUT2D eigenvalue weighted by atomic mass is 79.9. The summed E-state index contributed by atoms with van der Waals surface area (Å²) < 4.78 is 6.07. The van der Waals surface area contributed by atoms with Crippen molar-refractivity contribution in [2.45, 2.75) is 6.92 Å². The first-order chi connectivity index (χ1) is 8.40. The number of aliphatic carboxylic acids is 1. The van der Waals surface area contributed by atoms with Crippen LogP contribution >= 0.6 is 15.9 Å². The molecule has 0 saturated heterocycles. The number of carboxylic acid groups (broad SMARTS) is 1. The molecule has 0 bridgehead atoms. The van der Waals surface area contributed by atoms with Crippen LogP contribution in [0.15, 0.2) is 22.7 Å². The minimum atomic E-state index is -1.06. The summed E-state index contributed by atoms with van der Waals surface area (Å²) in [6, 6.07) is 3.50. The van der Waals surface area contributed by atoms with Gasteiger partial charge in [-0.25, -0.2) is 4.79 Å². The van der Waals surface area contributed by atoms with Gasteiger partial charge in [0.25, 0.3) is 5.91 Å². The fourth-order valence-corrected chi connectivity index (χ4v) is 1.97. The van der Waals surface area contributed by atoms with Crippen molar-refractivity contribution in [2.75, 3.05) is 6.61 Å². The van der Waals surface area contributed by atoms with E-state index in [-0.39, 0.29) is 6.61 Å². The maximum absolute atomic E-state index is 10.7. The molecule has 1 aromatic carbocycles. The Morgan fingerprint density at radius 2 is 2.17 bits per heavy atom. The standard InChI is InChI=1S/C12H12BrNO4/c1-7-4-9(13)5-8(2-3-11(16)17)12(7)18-6-10(14)15/h2-5H,6H2,1H3,(H2,14,15)(H,16,17)/b3-2+. The zero-order valence-electron chi connectivity index (χ0n) is 9.64. The zero-order valence-corrected chi connectivity index (χ0v) is 11.2. The summed E-state index contributed by atoms with van der Waals surface area (Å²) >= 11 is 3.31. The van der Waals surface area contributed by atoms with E-state index in [4.69, 9.17) is 15.6 Å². The monoisotopic (exact) mass is 313 g/mol. The van der Waals surface area contributed by atoms with Gasteiger partial charge in [0.05, 0.1) is 0 Å². The third kappa shape index (κ3) is 4.21. The number of amides is 1. The van der Waals surface area contributed by atoms with Crippen LogP contribution in [-0.2, 0) is 9.59 Å². The molecular weight excluding hydrogens is 302 g/mol. The maximum atomic E-state index is 10.7. The van der Waals surface area contributed by atoms with Crippen molar-refractivity contribution in [1.82, 2.24) is 0 Å². The average molecular weight is 314 g/mol. The minimum Gasteiger partial charge on any atom is -0.483 e. The smallest absolute Gasteiger partial charge is 0.328 e. The van der Waals surface area contributed by atoms with Gasteiger partial charge in [0.15, 0.2) is 6.61 Å². The Labute approximate surface area is 112 Å². The van der Waals surface area contributed by atoms with Gasteiger partial charge in [0, 0.05) is 16.1 Å². The minimum absolute atomic E-state index is 0.254. The lowest BCUT2D eigenvalue weighted by molar-refractivity contribution is -0.131. The van der Waals surface area contributed by atoms with Gasteiger partial charge in [-0.1, -0.05) is 15.9 Å². The van der Waals surface area contributed by atoms with E-state index in [0.29, 0.717) is 11.3 Å². The molecule has 0 aliphatic heterocycles. The van der Waals surface area contributed by atoms with Crippen LogP contribution < -0.4 is 10.5 Å². The first-order valence-electron chi connectivity index (χ1n) is 5.02. The molecule has 96 valence electrons. The molecule has 0 saturated carbocycles. The molecule has 6 heteroatoms. The number of primary amides is 1. The molecule has 3 N–H and O–H groups in total. The van der Waals surface area contributed by atoms with Gasteiger partial charge in [-0.15, -0.1) is 0 Å². The van der Waals surface area contributed by atoms with Crippen LogP contribution in [0.25, 0.3) is 6.08 Å². The van der Waals surface area contributed by atoms with E-state index in [1.807, 2.05) is 0 Å². The predicted molar refractivity (Wildman–Crippen MR) is 70.2 cm³/mol. The summed E-state index contributed by atoms with van der Waals surface area (Å²) in [7, 11) is 0. The van der Waals surface area contributed by atoms with Gasteiger partial charge in [-0.2, -0.15) is 0 Å². The number of halogens is 1. The van der Waals surface area contributed by atoms with Gasteiger partial charge < -0.3 is 15.6 Å². The molecule has 0 atom stereocenters. The molecule has 0 unspecified atom stereocenters. The van der Waals surface area contributed by atoms with Crippen LogP contribution in [0.3, 0.4) is 0 Å². The summed E-state index contributed by atoms with van der Waals surface area (Å²) in [6.07, 6.45) is 2.40. The maximum Gasteiger partial charge on any atom is 0.328 e. The normalized spacial score (nSPS) is 10.6. The van der Waals surface area contributed by atoms with Crippen molar-refractivity contribution >= 4 is 33.9 Å². The SMILES string of the molecule is Cc1cc(Br)cc(/C=C/C(=O)O)c1OCC(N)=O. The Bertz CT molecular complexity index is 511. The number of hydrogen-bond acceptors (Lipinski definition) is 3. The quantitative estimate of drug-likeness (QED) is 0.810. The second-order valence-corrected chi connectivity index (χ2v) is 4.48. The Morgan fingerprint density at radius 1 is 1.50 bits per heavy atom. The van der Waals surface area contributed by atoms with Crippen LogP contribution in [0.5, 0.6) is 5.75 Å². The number of ether oxygens (including phenoxy) is 1. The third-order valence-electron chi connectivity index (χ3n) is 2.03. The first-order valence-corrected chi connectivity index (χ1v) is 5.81. The molecule has 0 aliphatic rings. The number of carbonyl (C=O) groups excluding carboxylic acids is 1. The molecular formula is C12H12BrNO4. The van der Waals surface area contributed by atoms with E-state index < -0.39 is 11.9 Å². The number of nitrogens with two attached hydrogens (primary N) is 1. The summed E-state index contributed by atoms with van der Waals surface area (Å²) in [5.74, 6) is -1.21. The van der Waals surface area contributed by atoms with E-state index in [9.17, 15) is 9.59 Å². The van der Waals surface area contributed by atoms with Crippen molar-refractivity contribution in [3.05, 3.63) is 33.8 Å². The summed E-state index contributed by atoms with van der Waals surface area (Å²) in [5.41, 5.74) is 6.34. The van der Waals surface area contributed by atoms with E-state index in [2.05, 4.69) is 15.9 Å². The second kappa shape index (κ2) is 6.20. The van der Waals surface area contributed by atoms with E-state index >= 15 is 0 Å². The van der Waals surface area contributed by atoms with Crippen molar-refractivity contribution in [1.29, 1.82) is 0 Å². The van der Waals surface area contributed by atoms with Crippen LogP contribution in [0.2, 0.25) is 0 Å². The van der Waals surface area contributed by atoms with E-state index in [1.165, 1.54) is 6.08 Å². The molecule has 18 heavy (non-hydrogen) atoms. The van der Waals surface area contributed by atoms with Gasteiger partial charge in [0.2, 0.25) is 0 Å². The molecule has 1 amide bonds. The molecule has 0 heterocycles. The Hall–Kier alpha value is -1.82. The van der Waals surface area contributed by atoms with Crippen LogP contribution in [0.4, 0.5) is 0 Å². The Kier molecular flexibility index (Phi) is 4.91. The number of carboxylic acids is 1. The highest BCUT2D eigenvalue weighted by Gasteiger charge is 2.08. The summed E-state index contributed by atoms with van der Waals surface area (Å²) in [5, 5.41) is 8.61. The summed E-state index contributed by atoms with van der Waals surface area (Å²) in [6.45, 7) is 1.54. The highest BCUT2D eigenvalue weighted by Crippen LogP contribution is 2.29. The van der Waals surface area contributed by atoms with Crippen molar-refractivity contribution in [3.8, 4) is 5.75 Å². The number of aryl methyl sites for hydroxylation is 1. The highest BCUT2D eigenvalue weighted by molar-refractivity contribution is 9.10. The molecule has 0 spiro atoms. The Morgan fingerprint density at radius 3 is 2.72 bits per heavy atom. The van der Waals surface area contributed by atoms with Crippen molar-refractivity contribution in [3.63, 3.8) is 0 Å². The average Bonchev–Trinajstić information content (AvgIpc) is 2.24. The molecule has 1 rings (SSSR count). The number of hydrogen-bond donors (Lipinski definition) is 2. The number of carbonyl (C=O) groups is 2. The second-order valence-electron chi connectivity index (χ2n) is 3.57. The third-order valence-corrected chi connectivity index (χ3v) is 2.49. The van der Waals surface area contributed by atoms with Crippen molar-refractivity contribution in [2.24, 2.45) is 5.73 Å². The van der Waals surface area contributed by atoms with Gasteiger partial charge >= 0.3 is 5.97 Å². The molecule has 0 radical (unpaired) electrons. The van der Waals surface area contributed by atoms with Gasteiger partial charge in [0.1, 0.15) is 5.75 Å². The molecule has 0 aliphatic carbocycles. The fourth-order valence-electron chi connectivity index (χ4n) is 1.38. The predicted octanol–water partition coefficient (Wildman–Crippen LogP) is 1.72. The molecule has 0 aromatic heterocycles. The van der Waals surface area contributed by atoms with Gasteiger partial charge in [-0.3, -0.25) is 4.79 Å². The lowest BCUT2D eigenvalue weighted by Gasteiger charge is -2.11. The lowest BCUT2D eigenvalue weighted by Crippen LogP contribution is -2.20. The number of benzene rings is 1. The topological polar surface area (TPSA) is 89.6 Å². The first kappa shape index (κ1) is 14.2. The van der Waals surface area contributed by atoms with E-state index in [1.54, 1.807) is 19.1 Å². The van der Waals surface area contributed by atoms with Crippen molar-refractivity contribution < 1.29 is 19.4 Å². The Balaban J connectivity index is 3.12. The molecule has 0 fully saturated rings. The fraction of sp³-hybridized carbons (Fsp3) is 0.167. The van der Waals surface area contributed by atoms with Gasteiger partial charge in [-0.05, 0) is 30.7 Å². The zero-order chi connectivity index (χ0) is 13.7. The van der Waals surface area contributed by atoms with Crippen LogP contribution in [0.1, 0.15) is 11.1 Å².